The van der Waals surface area contributed by atoms with Crippen LogP contribution in [0.5, 0.6) is 0 Å². The molecule has 1 aliphatic carbocycles. The molecule has 164 valence electrons. The van der Waals surface area contributed by atoms with Crippen molar-refractivity contribution in [2.24, 2.45) is 11.8 Å². The largest absolute Gasteiger partial charge is 0.203 e. The van der Waals surface area contributed by atoms with E-state index in [9.17, 15) is 8.78 Å². The number of rotatable bonds is 10. The Balaban J connectivity index is 1.57. The summed E-state index contributed by atoms with van der Waals surface area (Å²) in [4.78, 5) is 0. The summed E-state index contributed by atoms with van der Waals surface area (Å²) in [5, 5.41) is 8.29. The van der Waals surface area contributed by atoms with Gasteiger partial charge in [-0.15, -0.1) is 0 Å². The van der Waals surface area contributed by atoms with Crippen LogP contribution in [0, 0.1) is 23.5 Å². The van der Waals surface area contributed by atoms with Crippen molar-refractivity contribution >= 4 is 0 Å². The Morgan fingerprint density at radius 3 is 2.10 bits per heavy atom. The predicted molar refractivity (Wildman–Crippen MR) is 119 cm³/mol. The first-order chi connectivity index (χ1) is 14.6. The van der Waals surface area contributed by atoms with Crippen molar-refractivity contribution in [1.29, 1.82) is 0 Å². The van der Waals surface area contributed by atoms with Crippen molar-refractivity contribution in [3.8, 4) is 11.3 Å². The van der Waals surface area contributed by atoms with Crippen molar-refractivity contribution in [2.45, 2.75) is 90.9 Å². The summed E-state index contributed by atoms with van der Waals surface area (Å²) in [7, 11) is 0. The fraction of sp³-hybridized carbons (Fsp3) is 0.615. The average Bonchev–Trinajstić information content (AvgIpc) is 2.78. The monoisotopic (exact) mass is 414 g/mol. The molecular weight excluding hydrogens is 378 g/mol. The molecule has 2 nitrogen and oxygen atoms in total. The number of hydrogen-bond donors (Lipinski definition) is 0. The van der Waals surface area contributed by atoms with E-state index in [1.165, 1.54) is 44.9 Å². The number of unbranched alkanes of at least 4 members (excludes halogenated alkanes) is 2. The van der Waals surface area contributed by atoms with Crippen LogP contribution in [0.4, 0.5) is 8.78 Å². The molecule has 3 rings (SSSR count). The van der Waals surface area contributed by atoms with Crippen molar-refractivity contribution < 1.29 is 8.78 Å². The molecule has 1 saturated carbocycles. The summed E-state index contributed by atoms with van der Waals surface area (Å²) < 4.78 is 29.5. The van der Waals surface area contributed by atoms with Crippen LogP contribution in [0.1, 0.15) is 89.3 Å². The molecule has 1 aromatic heterocycles. The Bertz CT molecular complexity index is 780. The Labute approximate surface area is 180 Å². The van der Waals surface area contributed by atoms with E-state index in [-0.39, 0.29) is 5.56 Å². The van der Waals surface area contributed by atoms with E-state index in [4.69, 9.17) is 0 Å². The van der Waals surface area contributed by atoms with Crippen molar-refractivity contribution in [2.75, 3.05) is 0 Å². The van der Waals surface area contributed by atoms with Crippen LogP contribution in [-0.2, 0) is 12.8 Å². The predicted octanol–water partition coefficient (Wildman–Crippen LogP) is 7.69. The molecule has 0 unspecified atom stereocenters. The van der Waals surface area contributed by atoms with E-state index >= 15 is 0 Å². The molecule has 2 aromatic rings. The fourth-order valence-corrected chi connectivity index (χ4v) is 4.64. The highest BCUT2D eigenvalue weighted by Crippen LogP contribution is 2.35. The number of benzene rings is 1. The topological polar surface area (TPSA) is 25.8 Å². The highest BCUT2D eigenvalue weighted by molar-refractivity contribution is 5.60. The lowest BCUT2D eigenvalue weighted by Gasteiger charge is -2.28. The van der Waals surface area contributed by atoms with Crippen LogP contribution in [-0.4, -0.2) is 10.2 Å². The van der Waals surface area contributed by atoms with Gasteiger partial charge in [-0.2, -0.15) is 10.2 Å². The number of hydrogen-bond acceptors (Lipinski definition) is 2. The molecule has 0 aliphatic heterocycles. The molecule has 4 heteroatoms. The van der Waals surface area contributed by atoms with E-state index in [2.05, 4.69) is 24.0 Å². The lowest BCUT2D eigenvalue weighted by molar-refractivity contribution is 0.249. The van der Waals surface area contributed by atoms with Gasteiger partial charge < -0.3 is 0 Å². The molecule has 0 N–H and O–H groups in total. The molecule has 0 bridgehead atoms. The molecule has 0 saturated heterocycles. The lowest BCUT2D eigenvalue weighted by atomic mass is 9.78. The normalized spacial score (nSPS) is 19.2. The summed E-state index contributed by atoms with van der Waals surface area (Å²) in [5.74, 6) is 0.00283. The van der Waals surface area contributed by atoms with Gasteiger partial charge in [0.05, 0.1) is 11.4 Å². The van der Waals surface area contributed by atoms with Gasteiger partial charge in [0.25, 0.3) is 0 Å². The van der Waals surface area contributed by atoms with Crippen LogP contribution >= 0.6 is 0 Å². The Kier molecular flexibility index (Phi) is 8.77. The minimum atomic E-state index is -0.800. The summed E-state index contributed by atoms with van der Waals surface area (Å²) >= 11 is 0. The summed E-state index contributed by atoms with van der Waals surface area (Å²) in [6.07, 6.45) is 13.6. The second-order valence-corrected chi connectivity index (χ2v) is 8.98. The Morgan fingerprint density at radius 2 is 1.47 bits per heavy atom. The number of nitrogens with zero attached hydrogens (tertiary/aromatic N) is 2. The first kappa shape index (κ1) is 22.8. The van der Waals surface area contributed by atoms with Crippen LogP contribution in [0.3, 0.4) is 0 Å². The highest BCUT2D eigenvalue weighted by Gasteiger charge is 2.22. The van der Waals surface area contributed by atoms with Gasteiger partial charge >= 0.3 is 0 Å². The van der Waals surface area contributed by atoms with Gasteiger partial charge in [0, 0.05) is 5.56 Å². The van der Waals surface area contributed by atoms with E-state index in [0.29, 0.717) is 23.6 Å². The van der Waals surface area contributed by atoms with E-state index in [1.807, 2.05) is 6.07 Å². The fourth-order valence-electron chi connectivity index (χ4n) is 4.64. The summed E-state index contributed by atoms with van der Waals surface area (Å²) in [6, 6.07) is 6.99. The molecule has 0 amide bonds. The van der Waals surface area contributed by atoms with Gasteiger partial charge in [0.1, 0.15) is 0 Å². The minimum Gasteiger partial charge on any atom is -0.203 e. The van der Waals surface area contributed by atoms with E-state index in [1.54, 1.807) is 18.2 Å². The summed E-state index contributed by atoms with van der Waals surface area (Å²) in [6.45, 7) is 4.37. The molecule has 30 heavy (non-hydrogen) atoms. The van der Waals surface area contributed by atoms with Crippen LogP contribution in [0.25, 0.3) is 11.3 Å². The van der Waals surface area contributed by atoms with Gasteiger partial charge in [-0.25, -0.2) is 8.78 Å². The number of halogens is 2. The zero-order valence-corrected chi connectivity index (χ0v) is 18.6. The molecule has 0 spiro atoms. The van der Waals surface area contributed by atoms with Gasteiger partial charge in [-0.3, -0.25) is 0 Å². The summed E-state index contributed by atoms with van der Waals surface area (Å²) in [5.41, 5.74) is 1.96. The standard InChI is InChI=1S/C26H36F2N2/c1-3-5-7-19-9-11-20(12-10-19)13-14-21-15-17-23(26(28)25(21)27)24-18-16-22(29-30-24)8-6-4-2/h15-20H,3-14H2,1-2H3/t19-,20-. The number of aromatic nitrogens is 2. The molecular formula is C26H36F2N2. The molecule has 1 fully saturated rings. The van der Waals surface area contributed by atoms with E-state index in [0.717, 1.165) is 37.3 Å². The third kappa shape index (κ3) is 6.09. The van der Waals surface area contributed by atoms with Crippen LogP contribution in [0.2, 0.25) is 0 Å². The Hall–Kier alpha value is -1.84. The second-order valence-electron chi connectivity index (χ2n) is 8.98. The first-order valence-electron chi connectivity index (χ1n) is 11.9. The van der Waals surface area contributed by atoms with Crippen molar-refractivity contribution in [3.63, 3.8) is 0 Å². The molecule has 1 aromatic carbocycles. The quantitative estimate of drug-likeness (QED) is 0.398. The molecule has 0 radical (unpaired) electrons. The zero-order chi connectivity index (χ0) is 21.3. The zero-order valence-electron chi connectivity index (χ0n) is 18.6. The minimum absolute atomic E-state index is 0.197. The van der Waals surface area contributed by atoms with Crippen LogP contribution in [0.15, 0.2) is 24.3 Å². The average molecular weight is 415 g/mol. The highest BCUT2D eigenvalue weighted by atomic mass is 19.2. The van der Waals surface area contributed by atoms with Gasteiger partial charge in [-0.1, -0.05) is 71.3 Å². The van der Waals surface area contributed by atoms with Crippen molar-refractivity contribution in [3.05, 3.63) is 47.2 Å². The van der Waals surface area contributed by atoms with Crippen molar-refractivity contribution in [1.82, 2.24) is 10.2 Å². The third-order valence-electron chi connectivity index (χ3n) is 6.70. The maximum Gasteiger partial charge on any atom is 0.168 e. The second kappa shape index (κ2) is 11.5. The Morgan fingerprint density at radius 1 is 0.767 bits per heavy atom. The molecule has 0 atom stereocenters. The lowest BCUT2D eigenvalue weighted by Crippen LogP contribution is -2.15. The smallest absolute Gasteiger partial charge is 0.168 e. The van der Waals surface area contributed by atoms with Crippen LogP contribution < -0.4 is 0 Å². The SMILES string of the molecule is CCCCc1ccc(-c2ccc(CC[C@H]3CC[C@H](CCCC)CC3)c(F)c2F)nn1. The first-order valence-corrected chi connectivity index (χ1v) is 11.9. The van der Waals surface area contributed by atoms with Gasteiger partial charge in [0.15, 0.2) is 11.6 Å². The molecule has 1 heterocycles. The van der Waals surface area contributed by atoms with Gasteiger partial charge in [-0.05, 0) is 61.3 Å². The maximum atomic E-state index is 14.7. The number of aryl methyl sites for hydroxylation is 2. The van der Waals surface area contributed by atoms with Gasteiger partial charge in [0.2, 0.25) is 0 Å². The third-order valence-corrected chi connectivity index (χ3v) is 6.70. The maximum absolute atomic E-state index is 14.7. The molecule has 1 aliphatic rings. The van der Waals surface area contributed by atoms with E-state index < -0.39 is 11.6 Å².